The number of rotatable bonds is 5. The summed E-state index contributed by atoms with van der Waals surface area (Å²) < 4.78 is 1.14. The molecule has 1 aliphatic rings. The molecule has 2 heterocycles. The largest absolute Gasteiger partial charge is 0.339 e. The third-order valence-electron chi connectivity index (χ3n) is 5.46. The van der Waals surface area contributed by atoms with Gasteiger partial charge in [-0.25, -0.2) is 4.98 Å². The molecule has 2 aromatic carbocycles. The van der Waals surface area contributed by atoms with Gasteiger partial charge in [0.05, 0.1) is 16.8 Å². The molecular weight excluding hydrogens is 394 g/mol. The Labute approximate surface area is 180 Å². The van der Waals surface area contributed by atoms with Crippen LogP contribution in [0.25, 0.3) is 16.3 Å². The number of likely N-dealkylation sites (tertiary alicyclic amines) is 1. The normalized spacial score (nSPS) is 15.0. The zero-order valence-corrected chi connectivity index (χ0v) is 17.8. The average Bonchev–Trinajstić information content (AvgIpc) is 3.20. The molecule has 154 valence electrons. The van der Waals surface area contributed by atoms with Gasteiger partial charge in [0.15, 0.2) is 0 Å². The van der Waals surface area contributed by atoms with Crippen molar-refractivity contribution in [2.75, 3.05) is 20.1 Å². The molecule has 1 saturated heterocycles. The van der Waals surface area contributed by atoms with Crippen molar-refractivity contribution in [1.29, 1.82) is 0 Å². The Morgan fingerprint density at radius 2 is 1.80 bits per heavy atom. The second-order valence-corrected chi connectivity index (χ2v) is 8.73. The molecule has 0 spiro atoms. The van der Waals surface area contributed by atoms with Gasteiger partial charge in [0, 0.05) is 32.1 Å². The summed E-state index contributed by atoms with van der Waals surface area (Å²) in [6, 6.07) is 17.8. The Morgan fingerprint density at radius 3 is 2.53 bits per heavy atom. The molecule has 0 atom stereocenters. The van der Waals surface area contributed by atoms with Crippen LogP contribution in [0.4, 0.5) is 0 Å². The van der Waals surface area contributed by atoms with Crippen LogP contribution in [0.3, 0.4) is 0 Å². The molecule has 6 heteroatoms. The van der Waals surface area contributed by atoms with Crippen molar-refractivity contribution in [3.8, 4) is 0 Å². The molecule has 4 rings (SSSR count). The Morgan fingerprint density at radius 1 is 1.10 bits per heavy atom. The van der Waals surface area contributed by atoms with Crippen molar-refractivity contribution in [1.82, 2.24) is 14.8 Å². The molecule has 3 aromatic rings. The minimum Gasteiger partial charge on any atom is -0.339 e. The summed E-state index contributed by atoms with van der Waals surface area (Å²) in [5, 5.41) is 0.950. The fourth-order valence-corrected chi connectivity index (χ4v) is 4.78. The number of nitrogens with zero attached hydrogens (tertiary/aromatic N) is 3. The lowest BCUT2D eigenvalue weighted by Crippen LogP contribution is -2.42. The second-order valence-electron chi connectivity index (χ2n) is 7.61. The van der Waals surface area contributed by atoms with E-state index in [9.17, 15) is 9.59 Å². The first kappa shape index (κ1) is 20.3. The summed E-state index contributed by atoms with van der Waals surface area (Å²) in [4.78, 5) is 33.6. The van der Waals surface area contributed by atoms with E-state index in [0.717, 1.165) is 20.8 Å². The van der Waals surface area contributed by atoms with Crippen LogP contribution in [-0.2, 0) is 16.1 Å². The van der Waals surface area contributed by atoms with Gasteiger partial charge in [0.25, 0.3) is 0 Å². The van der Waals surface area contributed by atoms with E-state index in [1.165, 1.54) is 0 Å². The molecule has 0 aliphatic carbocycles. The number of carbonyl (C=O) groups excluding carboxylic acids is 2. The zero-order valence-electron chi connectivity index (χ0n) is 17.0. The molecule has 0 bridgehead atoms. The van der Waals surface area contributed by atoms with Gasteiger partial charge in [-0.3, -0.25) is 9.59 Å². The molecular formula is C24H25N3O2S. The van der Waals surface area contributed by atoms with Gasteiger partial charge < -0.3 is 9.80 Å². The molecule has 1 fully saturated rings. The van der Waals surface area contributed by atoms with E-state index in [-0.39, 0.29) is 17.7 Å². The summed E-state index contributed by atoms with van der Waals surface area (Å²) >= 11 is 1.63. The van der Waals surface area contributed by atoms with Crippen molar-refractivity contribution in [3.05, 3.63) is 71.2 Å². The van der Waals surface area contributed by atoms with Crippen molar-refractivity contribution in [2.24, 2.45) is 5.92 Å². The highest BCUT2D eigenvalue weighted by Gasteiger charge is 2.28. The van der Waals surface area contributed by atoms with Crippen molar-refractivity contribution < 1.29 is 9.59 Å². The topological polar surface area (TPSA) is 53.5 Å². The maximum Gasteiger partial charge on any atom is 0.246 e. The third-order valence-corrected chi connectivity index (χ3v) is 6.48. The number of para-hydroxylation sites is 1. The van der Waals surface area contributed by atoms with E-state index in [2.05, 4.69) is 11.1 Å². The highest BCUT2D eigenvalue weighted by molar-refractivity contribution is 7.18. The first-order valence-electron chi connectivity index (χ1n) is 10.2. The molecule has 0 saturated carbocycles. The number of benzene rings is 2. The number of carbonyl (C=O) groups is 2. The monoisotopic (exact) mass is 419 g/mol. The van der Waals surface area contributed by atoms with Crippen LogP contribution in [0.15, 0.2) is 60.7 Å². The van der Waals surface area contributed by atoms with Gasteiger partial charge in [-0.15, -0.1) is 11.3 Å². The van der Waals surface area contributed by atoms with E-state index in [0.29, 0.717) is 32.5 Å². The number of amides is 2. The van der Waals surface area contributed by atoms with Crippen LogP contribution < -0.4 is 0 Å². The fourth-order valence-electron chi connectivity index (χ4n) is 3.76. The predicted molar refractivity (Wildman–Crippen MR) is 121 cm³/mol. The van der Waals surface area contributed by atoms with Gasteiger partial charge in [0.2, 0.25) is 11.8 Å². The Balaban J connectivity index is 1.29. The SMILES string of the molecule is CN(Cc1nc2ccccc2s1)C(=O)C1CCN(C(=O)/C=C/c2ccccc2)CC1. The van der Waals surface area contributed by atoms with Crippen LogP contribution in [0.2, 0.25) is 0 Å². The minimum absolute atomic E-state index is 0.00702. The molecule has 5 nitrogen and oxygen atoms in total. The van der Waals surface area contributed by atoms with E-state index in [1.807, 2.05) is 66.6 Å². The molecule has 0 N–H and O–H groups in total. The maximum absolute atomic E-state index is 12.9. The van der Waals surface area contributed by atoms with Crippen LogP contribution in [0.5, 0.6) is 0 Å². The lowest BCUT2D eigenvalue weighted by molar-refractivity contribution is -0.138. The molecule has 2 amide bonds. The molecule has 0 radical (unpaired) electrons. The average molecular weight is 420 g/mol. The number of hydrogen-bond acceptors (Lipinski definition) is 4. The quantitative estimate of drug-likeness (QED) is 0.582. The molecule has 30 heavy (non-hydrogen) atoms. The number of aromatic nitrogens is 1. The lowest BCUT2D eigenvalue weighted by Gasteiger charge is -2.32. The van der Waals surface area contributed by atoms with Crippen LogP contribution >= 0.6 is 11.3 Å². The standard InChI is InChI=1S/C24H25N3O2S/c1-26(17-22-25-20-9-5-6-10-21(20)30-22)24(29)19-13-15-27(16-14-19)23(28)12-11-18-7-3-2-4-8-18/h2-12,19H,13-17H2,1H3/b12-11+. The van der Waals surface area contributed by atoms with Gasteiger partial charge in [-0.05, 0) is 36.6 Å². The smallest absolute Gasteiger partial charge is 0.246 e. The molecule has 1 aliphatic heterocycles. The number of thiazole rings is 1. The Kier molecular flexibility index (Phi) is 6.23. The van der Waals surface area contributed by atoms with E-state index < -0.39 is 0 Å². The highest BCUT2D eigenvalue weighted by atomic mass is 32.1. The first-order chi connectivity index (χ1) is 14.6. The number of fused-ring (bicyclic) bond motifs is 1. The summed E-state index contributed by atoms with van der Waals surface area (Å²) in [5.74, 6) is 0.111. The van der Waals surface area contributed by atoms with Gasteiger partial charge >= 0.3 is 0 Å². The fraction of sp³-hybridized carbons (Fsp3) is 0.292. The van der Waals surface area contributed by atoms with Crippen molar-refractivity contribution in [2.45, 2.75) is 19.4 Å². The van der Waals surface area contributed by atoms with E-state index in [4.69, 9.17) is 0 Å². The van der Waals surface area contributed by atoms with Crippen LogP contribution in [0, 0.1) is 5.92 Å². The molecule has 1 aromatic heterocycles. The highest BCUT2D eigenvalue weighted by Crippen LogP contribution is 2.24. The molecule has 0 unspecified atom stereocenters. The van der Waals surface area contributed by atoms with Crippen molar-refractivity contribution in [3.63, 3.8) is 0 Å². The number of hydrogen-bond donors (Lipinski definition) is 0. The first-order valence-corrected chi connectivity index (χ1v) is 11.0. The Hall–Kier alpha value is -2.99. The van der Waals surface area contributed by atoms with Crippen LogP contribution in [-0.4, -0.2) is 46.7 Å². The summed E-state index contributed by atoms with van der Waals surface area (Å²) in [7, 11) is 1.84. The van der Waals surface area contributed by atoms with Crippen LogP contribution in [0.1, 0.15) is 23.4 Å². The van der Waals surface area contributed by atoms with E-state index in [1.54, 1.807) is 22.3 Å². The van der Waals surface area contributed by atoms with Gasteiger partial charge in [0.1, 0.15) is 5.01 Å². The minimum atomic E-state index is -0.0356. The van der Waals surface area contributed by atoms with Gasteiger partial charge in [-0.1, -0.05) is 42.5 Å². The predicted octanol–water partition coefficient (Wildman–Crippen LogP) is 4.21. The summed E-state index contributed by atoms with van der Waals surface area (Å²) in [5.41, 5.74) is 1.99. The maximum atomic E-state index is 12.9. The van der Waals surface area contributed by atoms with E-state index >= 15 is 0 Å². The Bertz CT molecular complexity index is 1020. The second kappa shape index (κ2) is 9.22. The lowest BCUT2D eigenvalue weighted by atomic mass is 9.95. The number of piperidine rings is 1. The summed E-state index contributed by atoms with van der Waals surface area (Å²) in [6.45, 7) is 1.75. The third kappa shape index (κ3) is 4.76. The summed E-state index contributed by atoms with van der Waals surface area (Å²) in [6.07, 6.45) is 4.87. The zero-order chi connectivity index (χ0) is 20.9. The van der Waals surface area contributed by atoms with Gasteiger partial charge in [-0.2, -0.15) is 0 Å². The van der Waals surface area contributed by atoms with Crippen molar-refractivity contribution >= 4 is 39.4 Å².